The van der Waals surface area contributed by atoms with Crippen molar-refractivity contribution in [2.45, 2.75) is 71.6 Å². The van der Waals surface area contributed by atoms with Crippen molar-refractivity contribution in [1.82, 2.24) is 9.97 Å². The van der Waals surface area contributed by atoms with Crippen molar-refractivity contribution >= 4 is 5.82 Å². The standard InChI is InChI=1S/C17H31N3O/c1-4-6-7-8-9-10-11-12-13-18-17-16(21-3)15(5-2)19-14-20-17/h14H,4-13H2,1-3H3,(H,18,19,20). The average Bonchev–Trinajstić information content (AvgIpc) is 2.52. The van der Waals surface area contributed by atoms with Gasteiger partial charge in [0.25, 0.3) is 0 Å². The average molecular weight is 293 g/mol. The summed E-state index contributed by atoms with van der Waals surface area (Å²) in [5.41, 5.74) is 0.964. The van der Waals surface area contributed by atoms with E-state index in [2.05, 4.69) is 29.1 Å². The van der Waals surface area contributed by atoms with Gasteiger partial charge in [0.15, 0.2) is 11.6 Å². The molecule has 0 saturated heterocycles. The minimum atomic E-state index is 0.791. The molecule has 0 atom stereocenters. The Balaban J connectivity index is 2.18. The molecular weight excluding hydrogens is 262 g/mol. The quantitative estimate of drug-likeness (QED) is 0.572. The van der Waals surface area contributed by atoms with Crippen LogP contribution < -0.4 is 10.1 Å². The van der Waals surface area contributed by atoms with Crippen molar-refractivity contribution < 1.29 is 4.74 Å². The van der Waals surface area contributed by atoms with Gasteiger partial charge in [0.1, 0.15) is 6.33 Å². The van der Waals surface area contributed by atoms with Crippen LogP contribution in [0.25, 0.3) is 0 Å². The zero-order chi connectivity index (χ0) is 15.3. The van der Waals surface area contributed by atoms with Gasteiger partial charge in [-0.05, 0) is 12.8 Å². The molecule has 1 aromatic heterocycles. The molecule has 120 valence electrons. The summed E-state index contributed by atoms with van der Waals surface area (Å²) in [6, 6.07) is 0. The number of nitrogens with one attached hydrogen (secondary N) is 1. The molecule has 0 aliphatic carbocycles. The molecule has 1 N–H and O–H groups in total. The molecule has 0 spiro atoms. The Morgan fingerprint density at radius 2 is 1.62 bits per heavy atom. The van der Waals surface area contributed by atoms with Crippen LogP contribution in [0, 0.1) is 0 Å². The molecule has 0 aliphatic rings. The van der Waals surface area contributed by atoms with Gasteiger partial charge >= 0.3 is 0 Å². The molecule has 21 heavy (non-hydrogen) atoms. The van der Waals surface area contributed by atoms with E-state index in [9.17, 15) is 0 Å². The van der Waals surface area contributed by atoms with E-state index in [1.54, 1.807) is 13.4 Å². The summed E-state index contributed by atoms with van der Waals surface area (Å²) in [6.07, 6.45) is 13.1. The predicted molar refractivity (Wildman–Crippen MR) is 89.1 cm³/mol. The molecule has 0 fully saturated rings. The van der Waals surface area contributed by atoms with Crippen LogP contribution in [0.1, 0.15) is 70.9 Å². The van der Waals surface area contributed by atoms with Gasteiger partial charge in [-0.1, -0.05) is 58.8 Å². The van der Waals surface area contributed by atoms with Gasteiger partial charge in [-0.2, -0.15) is 0 Å². The molecule has 0 amide bonds. The molecule has 0 unspecified atom stereocenters. The van der Waals surface area contributed by atoms with Crippen molar-refractivity contribution in [1.29, 1.82) is 0 Å². The first-order chi connectivity index (χ1) is 10.3. The number of hydrogen-bond acceptors (Lipinski definition) is 4. The van der Waals surface area contributed by atoms with Crippen LogP contribution >= 0.6 is 0 Å². The van der Waals surface area contributed by atoms with Crippen LogP contribution in [0.2, 0.25) is 0 Å². The highest BCUT2D eigenvalue weighted by Gasteiger charge is 2.09. The lowest BCUT2D eigenvalue weighted by atomic mass is 10.1. The Kier molecular flexibility index (Phi) is 9.58. The number of anilines is 1. The third-order valence-electron chi connectivity index (χ3n) is 3.74. The van der Waals surface area contributed by atoms with Crippen molar-refractivity contribution in [3.8, 4) is 5.75 Å². The van der Waals surface area contributed by atoms with Gasteiger partial charge < -0.3 is 10.1 Å². The van der Waals surface area contributed by atoms with Gasteiger partial charge in [0.05, 0.1) is 12.8 Å². The zero-order valence-electron chi connectivity index (χ0n) is 14.0. The van der Waals surface area contributed by atoms with Crippen LogP contribution in [-0.4, -0.2) is 23.6 Å². The van der Waals surface area contributed by atoms with Crippen LogP contribution in [-0.2, 0) is 6.42 Å². The number of nitrogens with zero attached hydrogens (tertiary/aromatic N) is 2. The molecule has 1 rings (SSSR count). The van der Waals surface area contributed by atoms with E-state index in [4.69, 9.17) is 4.74 Å². The van der Waals surface area contributed by atoms with Gasteiger partial charge in [0, 0.05) is 6.54 Å². The molecule has 4 heteroatoms. The Bertz CT molecular complexity index is 382. The minimum Gasteiger partial charge on any atom is -0.491 e. The maximum atomic E-state index is 5.41. The first-order valence-electron chi connectivity index (χ1n) is 8.45. The maximum absolute atomic E-state index is 5.41. The van der Waals surface area contributed by atoms with Gasteiger partial charge in [-0.25, -0.2) is 9.97 Å². The lowest BCUT2D eigenvalue weighted by molar-refractivity contribution is 0.407. The second kappa shape index (κ2) is 11.4. The normalized spacial score (nSPS) is 10.6. The van der Waals surface area contributed by atoms with E-state index < -0.39 is 0 Å². The first kappa shape index (κ1) is 17.7. The third-order valence-corrected chi connectivity index (χ3v) is 3.74. The van der Waals surface area contributed by atoms with Crippen molar-refractivity contribution in [3.63, 3.8) is 0 Å². The number of ether oxygens (including phenoxy) is 1. The lowest BCUT2D eigenvalue weighted by Crippen LogP contribution is -2.07. The molecular formula is C17H31N3O. The molecule has 0 radical (unpaired) electrons. The van der Waals surface area contributed by atoms with E-state index in [0.717, 1.165) is 30.2 Å². The van der Waals surface area contributed by atoms with Gasteiger partial charge in [-0.15, -0.1) is 0 Å². The van der Waals surface area contributed by atoms with E-state index in [1.807, 2.05) is 0 Å². The molecule has 0 saturated carbocycles. The van der Waals surface area contributed by atoms with Crippen LogP contribution in [0.3, 0.4) is 0 Å². The number of methoxy groups -OCH3 is 1. The number of rotatable bonds is 12. The zero-order valence-corrected chi connectivity index (χ0v) is 14.0. The Morgan fingerprint density at radius 3 is 2.24 bits per heavy atom. The summed E-state index contributed by atoms with van der Waals surface area (Å²) >= 11 is 0. The predicted octanol–water partition coefficient (Wildman–Crippen LogP) is 4.60. The summed E-state index contributed by atoms with van der Waals surface area (Å²) < 4.78 is 5.41. The van der Waals surface area contributed by atoms with Gasteiger partial charge in [0.2, 0.25) is 0 Å². The number of unbranched alkanes of at least 4 members (excludes halogenated alkanes) is 7. The number of aromatic nitrogens is 2. The van der Waals surface area contributed by atoms with Crippen molar-refractivity contribution in [3.05, 3.63) is 12.0 Å². The second-order valence-electron chi connectivity index (χ2n) is 5.46. The fourth-order valence-corrected chi connectivity index (χ4v) is 2.47. The first-order valence-corrected chi connectivity index (χ1v) is 8.45. The fourth-order valence-electron chi connectivity index (χ4n) is 2.47. The van der Waals surface area contributed by atoms with Crippen LogP contribution in [0.5, 0.6) is 5.75 Å². The Morgan fingerprint density at radius 1 is 0.952 bits per heavy atom. The molecule has 1 aromatic rings. The third kappa shape index (κ3) is 6.78. The van der Waals surface area contributed by atoms with Gasteiger partial charge in [-0.3, -0.25) is 0 Å². The topological polar surface area (TPSA) is 47.0 Å². The van der Waals surface area contributed by atoms with E-state index in [1.165, 1.54) is 51.4 Å². The lowest BCUT2D eigenvalue weighted by Gasteiger charge is -2.12. The highest BCUT2D eigenvalue weighted by molar-refractivity contribution is 5.51. The van der Waals surface area contributed by atoms with E-state index in [-0.39, 0.29) is 0 Å². The summed E-state index contributed by atoms with van der Waals surface area (Å²) in [7, 11) is 1.68. The molecule has 0 aliphatic heterocycles. The highest BCUT2D eigenvalue weighted by Crippen LogP contribution is 2.24. The summed E-state index contributed by atoms with van der Waals surface area (Å²) in [5, 5.41) is 3.37. The summed E-state index contributed by atoms with van der Waals surface area (Å²) in [6.45, 7) is 5.29. The van der Waals surface area contributed by atoms with Crippen molar-refractivity contribution in [2.75, 3.05) is 19.0 Å². The second-order valence-corrected chi connectivity index (χ2v) is 5.46. The summed E-state index contributed by atoms with van der Waals surface area (Å²) in [5.74, 6) is 1.62. The largest absolute Gasteiger partial charge is 0.491 e. The number of hydrogen-bond donors (Lipinski definition) is 1. The Hall–Kier alpha value is -1.32. The van der Waals surface area contributed by atoms with E-state index >= 15 is 0 Å². The minimum absolute atomic E-state index is 0.791. The van der Waals surface area contributed by atoms with Crippen LogP contribution in [0.15, 0.2) is 6.33 Å². The molecule has 1 heterocycles. The Labute approximate surface area is 129 Å². The highest BCUT2D eigenvalue weighted by atomic mass is 16.5. The number of aryl methyl sites for hydroxylation is 1. The van der Waals surface area contributed by atoms with Crippen molar-refractivity contribution in [2.24, 2.45) is 0 Å². The molecule has 4 nitrogen and oxygen atoms in total. The monoisotopic (exact) mass is 293 g/mol. The fraction of sp³-hybridized carbons (Fsp3) is 0.765. The smallest absolute Gasteiger partial charge is 0.182 e. The maximum Gasteiger partial charge on any atom is 0.182 e. The molecule has 0 aromatic carbocycles. The summed E-state index contributed by atoms with van der Waals surface area (Å²) in [4.78, 5) is 8.52. The molecule has 0 bridgehead atoms. The van der Waals surface area contributed by atoms with E-state index in [0.29, 0.717) is 0 Å². The SMILES string of the molecule is CCCCCCCCCCNc1ncnc(CC)c1OC. The van der Waals surface area contributed by atoms with Crippen LogP contribution in [0.4, 0.5) is 5.82 Å².